The van der Waals surface area contributed by atoms with Crippen molar-refractivity contribution < 1.29 is 19.0 Å². The molecule has 1 heterocycles. The van der Waals surface area contributed by atoms with Gasteiger partial charge in [-0.25, -0.2) is 0 Å². The van der Waals surface area contributed by atoms with E-state index in [0.29, 0.717) is 12.8 Å². The monoisotopic (exact) mass is 322 g/mol. The van der Waals surface area contributed by atoms with Gasteiger partial charge in [-0.3, -0.25) is 4.79 Å². The molecule has 0 aliphatic carbocycles. The third kappa shape index (κ3) is 3.76. The average molecular weight is 322 g/mol. The largest absolute Gasteiger partial charge is 0.497 e. The number of hydrogen-bond donors (Lipinski definition) is 2. The molecule has 1 fully saturated rings. The lowest BCUT2D eigenvalue weighted by molar-refractivity contribution is -0.147. The first-order chi connectivity index (χ1) is 11.1. The fraction of sp³-hybridized carbons (Fsp3) is 0.588. The summed E-state index contributed by atoms with van der Waals surface area (Å²) in [7, 11) is 4.83. The van der Waals surface area contributed by atoms with Gasteiger partial charge in [0.15, 0.2) is 0 Å². The summed E-state index contributed by atoms with van der Waals surface area (Å²) in [6.07, 6.45) is 1.33. The van der Waals surface area contributed by atoms with Gasteiger partial charge in [0, 0.05) is 12.7 Å². The first kappa shape index (κ1) is 17.6. The molecule has 0 radical (unpaired) electrons. The Morgan fingerprint density at radius 2 is 1.91 bits per heavy atom. The average Bonchev–Trinajstić information content (AvgIpc) is 2.61. The minimum absolute atomic E-state index is 0.0844. The van der Waals surface area contributed by atoms with Crippen LogP contribution in [0.1, 0.15) is 31.4 Å². The predicted molar refractivity (Wildman–Crippen MR) is 87.9 cm³/mol. The number of nitrogens with one attached hydrogen (secondary N) is 2. The quantitative estimate of drug-likeness (QED) is 0.833. The van der Waals surface area contributed by atoms with Crippen molar-refractivity contribution in [1.29, 1.82) is 0 Å². The van der Waals surface area contributed by atoms with E-state index in [0.717, 1.165) is 30.2 Å². The molecule has 128 valence electrons. The smallest absolute Gasteiger partial charge is 0.252 e. The van der Waals surface area contributed by atoms with Crippen molar-refractivity contribution in [3.05, 3.63) is 23.8 Å². The zero-order chi connectivity index (χ0) is 16.9. The van der Waals surface area contributed by atoms with Crippen molar-refractivity contribution in [3.63, 3.8) is 0 Å². The zero-order valence-electron chi connectivity index (χ0n) is 14.3. The van der Waals surface area contributed by atoms with Crippen molar-refractivity contribution in [2.24, 2.45) is 0 Å². The van der Waals surface area contributed by atoms with E-state index in [9.17, 15) is 4.79 Å². The maximum atomic E-state index is 12.8. The number of ether oxygens (including phenoxy) is 3. The molecule has 0 aromatic heterocycles. The number of carbonyl (C=O) groups is 1. The van der Waals surface area contributed by atoms with Gasteiger partial charge in [0.25, 0.3) is 5.91 Å². The van der Waals surface area contributed by atoms with Crippen LogP contribution in [0.15, 0.2) is 18.2 Å². The fourth-order valence-corrected chi connectivity index (χ4v) is 2.94. The molecule has 23 heavy (non-hydrogen) atoms. The van der Waals surface area contributed by atoms with E-state index in [2.05, 4.69) is 10.6 Å². The molecular weight excluding hydrogens is 296 g/mol. The molecule has 1 aliphatic heterocycles. The minimum Gasteiger partial charge on any atom is -0.497 e. The third-order valence-electron chi connectivity index (χ3n) is 4.47. The molecule has 0 bridgehead atoms. The molecule has 2 rings (SSSR count). The molecular formula is C17H26N2O4. The Balaban J connectivity index is 2.17. The number of hydrogen-bond acceptors (Lipinski definition) is 5. The van der Waals surface area contributed by atoms with Crippen molar-refractivity contribution in [2.75, 3.05) is 34.4 Å². The molecule has 1 aromatic rings. The van der Waals surface area contributed by atoms with Gasteiger partial charge in [0.05, 0.1) is 20.3 Å². The topological polar surface area (TPSA) is 68.8 Å². The van der Waals surface area contributed by atoms with Crippen LogP contribution in [0, 0.1) is 0 Å². The van der Waals surface area contributed by atoms with Gasteiger partial charge in [-0.05, 0) is 51.1 Å². The van der Waals surface area contributed by atoms with Crippen LogP contribution in [0.2, 0.25) is 0 Å². The van der Waals surface area contributed by atoms with Crippen LogP contribution in [0.25, 0.3) is 0 Å². The van der Waals surface area contributed by atoms with Gasteiger partial charge < -0.3 is 24.8 Å². The maximum Gasteiger partial charge on any atom is 0.252 e. The zero-order valence-corrected chi connectivity index (χ0v) is 14.3. The second-order valence-electron chi connectivity index (χ2n) is 5.75. The highest BCUT2D eigenvalue weighted by molar-refractivity contribution is 5.85. The molecule has 2 N–H and O–H groups in total. The number of benzene rings is 1. The van der Waals surface area contributed by atoms with Gasteiger partial charge in [-0.1, -0.05) is 0 Å². The number of carbonyl (C=O) groups excluding carboxylic acids is 1. The van der Waals surface area contributed by atoms with Crippen LogP contribution in [-0.2, 0) is 9.53 Å². The molecule has 1 aromatic carbocycles. The van der Waals surface area contributed by atoms with Gasteiger partial charge in [-0.2, -0.15) is 0 Å². The highest BCUT2D eigenvalue weighted by Gasteiger charge is 2.40. The molecule has 6 heteroatoms. The molecule has 1 unspecified atom stereocenters. The summed E-state index contributed by atoms with van der Waals surface area (Å²) < 4.78 is 16.2. The SMILES string of the molecule is COc1ccc(OC)c(C(C)NC(=O)C2(OC)CCNCC2)c1. The van der Waals surface area contributed by atoms with E-state index in [1.807, 2.05) is 25.1 Å². The van der Waals surface area contributed by atoms with Crippen LogP contribution in [0.3, 0.4) is 0 Å². The Hall–Kier alpha value is -1.79. The summed E-state index contributed by atoms with van der Waals surface area (Å²) in [6.45, 7) is 3.48. The molecule has 1 saturated heterocycles. The summed E-state index contributed by atoms with van der Waals surface area (Å²) in [5.41, 5.74) is 0.117. The molecule has 0 spiro atoms. The molecule has 1 atom stereocenters. The van der Waals surface area contributed by atoms with E-state index < -0.39 is 5.60 Å². The maximum absolute atomic E-state index is 12.8. The van der Waals surface area contributed by atoms with Crippen LogP contribution in [-0.4, -0.2) is 45.9 Å². The molecule has 1 aliphatic rings. The first-order valence-corrected chi connectivity index (χ1v) is 7.85. The van der Waals surface area contributed by atoms with Crippen LogP contribution in [0.4, 0.5) is 0 Å². The van der Waals surface area contributed by atoms with E-state index in [-0.39, 0.29) is 11.9 Å². The Bertz CT molecular complexity index is 541. The van der Waals surface area contributed by atoms with Crippen molar-refractivity contribution in [2.45, 2.75) is 31.4 Å². The van der Waals surface area contributed by atoms with Gasteiger partial charge in [-0.15, -0.1) is 0 Å². The summed E-state index contributed by atoms with van der Waals surface area (Å²) in [4.78, 5) is 12.8. The lowest BCUT2D eigenvalue weighted by Crippen LogP contribution is -2.54. The Labute approximate surface area is 137 Å². The van der Waals surface area contributed by atoms with E-state index in [4.69, 9.17) is 14.2 Å². The van der Waals surface area contributed by atoms with Gasteiger partial charge >= 0.3 is 0 Å². The van der Waals surface area contributed by atoms with Crippen molar-refractivity contribution >= 4 is 5.91 Å². The number of methoxy groups -OCH3 is 3. The Morgan fingerprint density at radius 3 is 2.48 bits per heavy atom. The summed E-state index contributed by atoms with van der Waals surface area (Å²) in [6, 6.07) is 5.34. The fourth-order valence-electron chi connectivity index (χ4n) is 2.94. The predicted octanol–water partition coefficient (Wildman–Crippen LogP) is 1.65. The second kappa shape index (κ2) is 7.66. The van der Waals surface area contributed by atoms with Crippen LogP contribution >= 0.6 is 0 Å². The Morgan fingerprint density at radius 1 is 1.22 bits per heavy atom. The first-order valence-electron chi connectivity index (χ1n) is 7.85. The number of piperidine rings is 1. The standard InChI is InChI=1S/C17H26N2O4/c1-12(14-11-13(21-2)5-6-15(14)22-3)19-16(20)17(23-4)7-9-18-10-8-17/h5-6,11-12,18H,7-10H2,1-4H3,(H,19,20). The van der Waals surface area contributed by atoms with Crippen molar-refractivity contribution in [1.82, 2.24) is 10.6 Å². The summed E-state index contributed by atoms with van der Waals surface area (Å²) >= 11 is 0. The molecule has 1 amide bonds. The highest BCUT2D eigenvalue weighted by Crippen LogP contribution is 2.30. The lowest BCUT2D eigenvalue weighted by atomic mass is 9.90. The van der Waals surface area contributed by atoms with E-state index in [1.54, 1.807) is 21.3 Å². The van der Waals surface area contributed by atoms with E-state index in [1.165, 1.54) is 0 Å². The summed E-state index contributed by atoms with van der Waals surface area (Å²) in [5, 5.41) is 6.31. The molecule has 6 nitrogen and oxygen atoms in total. The van der Waals surface area contributed by atoms with E-state index >= 15 is 0 Å². The Kier molecular flexibility index (Phi) is 5.85. The summed E-state index contributed by atoms with van der Waals surface area (Å²) in [5.74, 6) is 1.36. The van der Waals surface area contributed by atoms with Crippen LogP contribution in [0.5, 0.6) is 11.5 Å². The normalized spacial score (nSPS) is 18.1. The molecule has 0 saturated carbocycles. The number of rotatable bonds is 6. The minimum atomic E-state index is -0.758. The van der Waals surface area contributed by atoms with Crippen LogP contribution < -0.4 is 20.1 Å². The lowest BCUT2D eigenvalue weighted by Gasteiger charge is -2.35. The number of amides is 1. The second-order valence-corrected chi connectivity index (χ2v) is 5.75. The highest BCUT2D eigenvalue weighted by atomic mass is 16.5. The van der Waals surface area contributed by atoms with Crippen molar-refractivity contribution in [3.8, 4) is 11.5 Å². The third-order valence-corrected chi connectivity index (χ3v) is 4.47. The van der Waals surface area contributed by atoms with Gasteiger partial charge in [0.2, 0.25) is 0 Å². The van der Waals surface area contributed by atoms with Gasteiger partial charge in [0.1, 0.15) is 17.1 Å².